The lowest BCUT2D eigenvalue weighted by Gasteiger charge is -2.24. The summed E-state index contributed by atoms with van der Waals surface area (Å²) in [7, 11) is 0. The average molecular weight is 267 g/mol. The van der Waals surface area contributed by atoms with Crippen molar-refractivity contribution in [2.24, 2.45) is 0 Å². The van der Waals surface area contributed by atoms with E-state index < -0.39 is 0 Å². The van der Waals surface area contributed by atoms with Gasteiger partial charge in [-0.25, -0.2) is 0 Å². The monoisotopic (exact) mass is 266 g/mol. The largest absolute Gasteiger partial charge is 0.374 e. The first-order valence-corrected chi connectivity index (χ1v) is 6.28. The zero-order chi connectivity index (χ0) is 13.6. The molecule has 0 amide bonds. The average Bonchev–Trinajstić information content (AvgIpc) is 2.28. The van der Waals surface area contributed by atoms with Gasteiger partial charge in [-0.05, 0) is 32.4 Å². The van der Waals surface area contributed by atoms with Crippen LogP contribution < -0.4 is 5.32 Å². The van der Waals surface area contributed by atoms with Crippen molar-refractivity contribution in [2.45, 2.75) is 39.0 Å². The van der Waals surface area contributed by atoms with Gasteiger partial charge in [0.05, 0.1) is 19.3 Å². The number of benzene rings is 1. The lowest BCUT2D eigenvalue weighted by molar-refractivity contribution is 0.104. The van der Waals surface area contributed by atoms with Crippen LogP contribution in [0.25, 0.3) is 0 Å². The molecule has 0 saturated carbocycles. The standard InChI is InChI=1S/C14H19ClN2O/c1-14(2,3)17-12(8-16)10-18-9-11-6-4-5-7-13(11)15/h4-7,12,17H,9-10H2,1-3H3. The highest BCUT2D eigenvalue weighted by atomic mass is 35.5. The Morgan fingerprint density at radius 3 is 2.61 bits per heavy atom. The van der Waals surface area contributed by atoms with Crippen molar-refractivity contribution >= 4 is 11.6 Å². The molecule has 1 atom stereocenters. The maximum absolute atomic E-state index is 9.02. The Kier molecular flexibility index (Phi) is 5.61. The van der Waals surface area contributed by atoms with E-state index in [1.54, 1.807) is 0 Å². The van der Waals surface area contributed by atoms with E-state index in [1.807, 2.05) is 45.0 Å². The number of hydrogen-bond acceptors (Lipinski definition) is 3. The third-order valence-corrected chi connectivity index (χ3v) is 2.63. The van der Waals surface area contributed by atoms with Crippen LogP contribution in [0.4, 0.5) is 0 Å². The third-order valence-electron chi connectivity index (χ3n) is 2.26. The molecule has 4 heteroatoms. The van der Waals surface area contributed by atoms with Crippen LogP contribution in [0.15, 0.2) is 24.3 Å². The Labute approximate surface area is 114 Å². The van der Waals surface area contributed by atoms with E-state index in [4.69, 9.17) is 21.6 Å². The Hall–Kier alpha value is -1.08. The van der Waals surface area contributed by atoms with Gasteiger partial charge in [0.15, 0.2) is 0 Å². The summed E-state index contributed by atoms with van der Waals surface area (Å²) in [5.74, 6) is 0. The first-order chi connectivity index (χ1) is 8.42. The fourth-order valence-corrected chi connectivity index (χ4v) is 1.73. The summed E-state index contributed by atoms with van der Waals surface area (Å²) in [5, 5.41) is 12.9. The Balaban J connectivity index is 2.41. The summed E-state index contributed by atoms with van der Waals surface area (Å²) in [6, 6.07) is 9.42. The molecular weight excluding hydrogens is 248 g/mol. The molecule has 98 valence electrons. The van der Waals surface area contributed by atoms with E-state index in [0.29, 0.717) is 18.2 Å². The first-order valence-electron chi connectivity index (χ1n) is 5.91. The van der Waals surface area contributed by atoms with Crippen LogP contribution in [-0.4, -0.2) is 18.2 Å². The second-order valence-corrected chi connectivity index (χ2v) is 5.59. The third kappa shape index (κ3) is 5.50. The highest BCUT2D eigenvalue weighted by Gasteiger charge is 2.16. The van der Waals surface area contributed by atoms with Gasteiger partial charge in [-0.3, -0.25) is 5.32 Å². The minimum absolute atomic E-state index is 0.103. The molecule has 1 rings (SSSR count). The molecule has 0 heterocycles. The lowest BCUT2D eigenvalue weighted by Crippen LogP contribution is -2.45. The molecule has 0 aliphatic rings. The molecule has 0 saturated heterocycles. The van der Waals surface area contributed by atoms with Crippen molar-refractivity contribution in [1.29, 1.82) is 5.26 Å². The van der Waals surface area contributed by atoms with Gasteiger partial charge in [0, 0.05) is 10.6 Å². The molecular formula is C14H19ClN2O. The molecule has 3 nitrogen and oxygen atoms in total. The topological polar surface area (TPSA) is 45.0 Å². The van der Waals surface area contributed by atoms with Crippen LogP contribution in [0.3, 0.4) is 0 Å². The highest BCUT2D eigenvalue weighted by molar-refractivity contribution is 6.31. The van der Waals surface area contributed by atoms with Gasteiger partial charge < -0.3 is 4.74 Å². The van der Waals surface area contributed by atoms with E-state index in [2.05, 4.69) is 11.4 Å². The van der Waals surface area contributed by atoms with Gasteiger partial charge in [0.25, 0.3) is 0 Å². The zero-order valence-electron chi connectivity index (χ0n) is 11.0. The van der Waals surface area contributed by atoms with Crippen molar-refractivity contribution < 1.29 is 4.74 Å². The maximum Gasteiger partial charge on any atom is 0.119 e. The Bertz CT molecular complexity index is 421. The Morgan fingerprint density at radius 1 is 1.39 bits per heavy atom. The Morgan fingerprint density at radius 2 is 2.06 bits per heavy atom. The van der Waals surface area contributed by atoms with Crippen molar-refractivity contribution in [3.05, 3.63) is 34.9 Å². The van der Waals surface area contributed by atoms with Gasteiger partial charge in [0.2, 0.25) is 0 Å². The fourth-order valence-electron chi connectivity index (χ4n) is 1.54. The molecule has 0 bridgehead atoms. The number of halogens is 1. The first kappa shape index (κ1) is 15.0. The molecule has 1 N–H and O–H groups in total. The van der Waals surface area contributed by atoms with Crippen molar-refractivity contribution in [3.8, 4) is 6.07 Å². The van der Waals surface area contributed by atoms with Gasteiger partial charge >= 0.3 is 0 Å². The molecule has 0 fully saturated rings. The summed E-state index contributed by atoms with van der Waals surface area (Å²) in [6.45, 7) is 6.82. The molecule has 0 radical (unpaired) electrons. The second kappa shape index (κ2) is 6.75. The van der Waals surface area contributed by atoms with E-state index in [1.165, 1.54) is 0 Å². The van der Waals surface area contributed by atoms with Gasteiger partial charge in [-0.2, -0.15) is 5.26 Å². The number of ether oxygens (including phenoxy) is 1. The zero-order valence-corrected chi connectivity index (χ0v) is 11.8. The van der Waals surface area contributed by atoms with Crippen LogP contribution in [-0.2, 0) is 11.3 Å². The van der Waals surface area contributed by atoms with Gasteiger partial charge in [0.1, 0.15) is 6.04 Å². The molecule has 0 aromatic heterocycles. The van der Waals surface area contributed by atoms with Crippen LogP contribution in [0, 0.1) is 11.3 Å². The van der Waals surface area contributed by atoms with Gasteiger partial charge in [-0.15, -0.1) is 0 Å². The van der Waals surface area contributed by atoms with Crippen molar-refractivity contribution in [3.63, 3.8) is 0 Å². The highest BCUT2D eigenvalue weighted by Crippen LogP contribution is 2.15. The molecule has 18 heavy (non-hydrogen) atoms. The molecule has 1 aromatic rings. The summed E-state index contributed by atoms with van der Waals surface area (Å²) in [6.07, 6.45) is 0. The molecule has 1 unspecified atom stereocenters. The molecule has 1 aromatic carbocycles. The van der Waals surface area contributed by atoms with Crippen LogP contribution in [0.1, 0.15) is 26.3 Å². The summed E-state index contributed by atoms with van der Waals surface area (Å²) < 4.78 is 5.53. The van der Waals surface area contributed by atoms with E-state index in [9.17, 15) is 0 Å². The van der Waals surface area contributed by atoms with E-state index in [0.717, 1.165) is 5.56 Å². The normalized spacial score (nSPS) is 13.1. The molecule has 0 spiro atoms. The SMILES string of the molecule is CC(C)(C)NC(C#N)COCc1ccccc1Cl. The minimum atomic E-state index is -0.313. The summed E-state index contributed by atoms with van der Waals surface area (Å²) in [5.41, 5.74) is 0.834. The van der Waals surface area contributed by atoms with Crippen molar-refractivity contribution in [2.75, 3.05) is 6.61 Å². The predicted octanol–water partition coefficient (Wildman–Crippen LogP) is 3.14. The quantitative estimate of drug-likeness (QED) is 0.891. The van der Waals surface area contributed by atoms with E-state index in [-0.39, 0.29) is 11.6 Å². The van der Waals surface area contributed by atoms with Crippen molar-refractivity contribution in [1.82, 2.24) is 5.32 Å². The van der Waals surface area contributed by atoms with Crippen LogP contribution >= 0.6 is 11.6 Å². The minimum Gasteiger partial charge on any atom is -0.374 e. The second-order valence-electron chi connectivity index (χ2n) is 5.18. The smallest absolute Gasteiger partial charge is 0.119 e. The van der Waals surface area contributed by atoms with Gasteiger partial charge in [-0.1, -0.05) is 29.8 Å². The summed E-state index contributed by atoms with van der Waals surface area (Å²) in [4.78, 5) is 0. The number of rotatable bonds is 5. The number of hydrogen-bond donors (Lipinski definition) is 1. The van der Waals surface area contributed by atoms with E-state index >= 15 is 0 Å². The number of nitrogens with one attached hydrogen (secondary N) is 1. The number of nitrogens with zero attached hydrogens (tertiary/aromatic N) is 1. The van der Waals surface area contributed by atoms with Crippen LogP contribution in [0.2, 0.25) is 5.02 Å². The molecule has 0 aliphatic heterocycles. The fraction of sp³-hybridized carbons (Fsp3) is 0.500. The predicted molar refractivity (Wildman–Crippen MR) is 73.4 cm³/mol. The number of nitriles is 1. The van der Waals surface area contributed by atoms with Crippen LogP contribution in [0.5, 0.6) is 0 Å². The molecule has 0 aliphatic carbocycles. The summed E-state index contributed by atoms with van der Waals surface area (Å²) >= 11 is 6.02. The maximum atomic E-state index is 9.02. The lowest BCUT2D eigenvalue weighted by atomic mass is 10.1.